The standard InChI is InChI=1S/C18H13ClN2O2S/c19-14-9-5-4-8-13(14)15-10-11-16(23-15)17(22)21-18(24)20-12-6-2-1-3-7-12/h1-11H,(H2,20,21,22,24). The van der Waals surface area contributed by atoms with Crippen molar-refractivity contribution < 1.29 is 9.21 Å². The Morgan fingerprint density at radius 2 is 1.67 bits per heavy atom. The van der Waals surface area contributed by atoms with Crippen LogP contribution in [0.5, 0.6) is 0 Å². The second-order valence-corrected chi connectivity index (χ2v) is 5.73. The predicted octanol–water partition coefficient (Wildman–Crippen LogP) is 4.73. The number of hydrogen-bond acceptors (Lipinski definition) is 3. The molecule has 4 nitrogen and oxygen atoms in total. The Morgan fingerprint density at radius 1 is 0.958 bits per heavy atom. The van der Waals surface area contributed by atoms with Crippen molar-refractivity contribution in [1.29, 1.82) is 0 Å². The number of halogens is 1. The number of rotatable bonds is 3. The van der Waals surface area contributed by atoms with Gasteiger partial charge in [0.15, 0.2) is 10.9 Å². The number of nitrogens with one attached hydrogen (secondary N) is 2. The summed E-state index contributed by atoms with van der Waals surface area (Å²) in [4.78, 5) is 12.2. The van der Waals surface area contributed by atoms with Crippen molar-refractivity contribution in [3.05, 3.63) is 77.5 Å². The number of hydrogen-bond donors (Lipinski definition) is 2. The van der Waals surface area contributed by atoms with Crippen LogP contribution in [-0.4, -0.2) is 11.0 Å². The van der Waals surface area contributed by atoms with E-state index in [-0.39, 0.29) is 10.9 Å². The first-order valence-electron chi connectivity index (χ1n) is 7.15. The van der Waals surface area contributed by atoms with Crippen molar-refractivity contribution in [3.8, 4) is 11.3 Å². The van der Waals surface area contributed by atoms with E-state index >= 15 is 0 Å². The minimum Gasteiger partial charge on any atom is -0.451 e. The van der Waals surface area contributed by atoms with Gasteiger partial charge in [0.1, 0.15) is 5.76 Å². The molecule has 2 aromatic carbocycles. The van der Waals surface area contributed by atoms with Gasteiger partial charge in [-0.2, -0.15) is 0 Å². The number of benzene rings is 2. The fourth-order valence-electron chi connectivity index (χ4n) is 2.11. The molecule has 1 amide bonds. The minimum absolute atomic E-state index is 0.155. The Morgan fingerprint density at radius 3 is 2.42 bits per heavy atom. The Balaban J connectivity index is 1.68. The van der Waals surface area contributed by atoms with Crippen LogP contribution in [0, 0.1) is 0 Å². The second-order valence-electron chi connectivity index (χ2n) is 4.92. The van der Waals surface area contributed by atoms with Crippen molar-refractivity contribution in [2.45, 2.75) is 0 Å². The maximum Gasteiger partial charge on any atom is 0.293 e. The molecule has 0 aliphatic carbocycles. The molecule has 6 heteroatoms. The Labute approximate surface area is 149 Å². The summed E-state index contributed by atoms with van der Waals surface area (Å²) in [6.45, 7) is 0. The predicted molar refractivity (Wildman–Crippen MR) is 99.3 cm³/mol. The molecule has 0 fully saturated rings. The molecule has 1 aromatic heterocycles. The average molecular weight is 357 g/mol. The Bertz CT molecular complexity index is 877. The monoisotopic (exact) mass is 356 g/mol. The molecule has 24 heavy (non-hydrogen) atoms. The number of para-hydroxylation sites is 1. The number of amides is 1. The van der Waals surface area contributed by atoms with Crippen molar-refractivity contribution in [3.63, 3.8) is 0 Å². The van der Waals surface area contributed by atoms with Gasteiger partial charge in [0.25, 0.3) is 5.91 Å². The summed E-state index contributed by atoms with van der Waals surface area (Å²) in [5, 5.41) is 6.26. The zero-order chi connectivity index (χ0) is 16.9. The van der Waals surface area contributed by atoms with Crippen LogP contribution < -0.4 is 10.6 Å². The highest BCUT2D eigenvalue weighted by Crippen LogP contribution is 2.28. The lowest BCUT2D eigenvalue weighted by molar-refractivity contribution is 0.0951. The number of thiocarbonyl (C=S) groups is 1. The highest BCUT2D eigenvalue weighted by atomic mass is 35.5. The van der Waals surface area contributed by atoms with Crippen molar-refractivity contribution in [1.82, 2.24) is 5.32 Å². The molecule has 0 aliphatic heterocycles. The molecule has 1 heterocycles. The van der Waals surface area contributed by atoms with E-state index in [2.05, 4.69) is 10.6 Å². The average Bonchev–Trinajstić information content (AvgIpc) is 3.06. The van der Waals surface area contributed by atoms with Crippen LogP contribution in [0.4, 0.5) is 5.69 Å². The van der Waals surface area contributed by atoms with Gasteiger partial charge in [-0.05, 0) is 48.6 Å². The highest BCUT2D eigenvalue weighted by Gasteiger charge is 2.14. The quantitative estimate of drug-likeness (QED) is 0.666. The van der Waals surface area contributed by atoms with Gasteiger partial charge in [-0.1, -0.05) is 41.9 Å². The zero-order valence-corrected chi connectivity index (χ0v) is 14.0. The van der Waals surface area contributed by atoms with E-state index in [0.717, 1.165) is 11.3 Å². The van der Waals surface area contributed by atoms with Crippen LogP contribution in [0.15, 0.2) is 71.1 Å². The molecule has 3 rings (SSSR count). The smallest absolute Gasteiger partial charge is 0.293 e. The van der Waals surface area contributed by atoms with E-state index in [4.69, 9.17) is 28.2 Å². The molecule has 0 saturated carbocycles. The van der Waals surface area contributed by atoms with Crippen LogP contribution in [0.2, 0.25) is 5.02 Å². The third-order valence-electron chi connectivity index (χ3n) is 3.23. The van der Waals surface area contributed by atoms with Crippen molar-refractivity contribution in [2.24, 2.45) is 0 Å². The summed E-state index contributed by atoms with van der Waals surface area (Å²) < 4.78 is 5.58. The minimum atomic E-state index is -0.429. The van der Waals surface area contributed by atoms with Crippen LogP contribution in [0.25, 0.3) is 11.3 Å². The summed E-state index contributed by atoms with van der Waals surface area (Å²) in [6, 6.07) is 19.9. The molecule has 0 atom stereocenters. The lowest BCUT2D eigenvalue weighted by atomic mass is 10.2. The third kappa shape index (κ3) is 3.82. The van der Waals surface area contributed by atoms with Crippen molar-refractivity contribution >= 4 is 40.5 Å². The molecule has 3 aromatic rings. The van der Waals surface area contributed by atoms with Crippen LogP contribution >= 0.6 is 23.8 Å². The fourth-order valence-corrected chi connectivity index (χ4v) is 2.55. The van der Waals surface area contributed by atoms with E-state index in [0.29, 0.717) is 10.8 Å². The number of furan rings is 1. The van der Waals surface area contributed by atoms with Gasteiger partial charge in [0, 0.05) is 11.3 Å². The van der Waals surface area contributed by atoms with E-state index in [1.54, 1.807) is 18.2 Å². The summed E-state index contributed by atoms with van der Waals surface area (Å²) >= 11 is 11.3. The summed E-state index contributed by atoms with van der Waals surface area (Å²) in [6.07, 6.45) is 0. The van der Waals surface area contributed by atoms with Gasteiger partial charge in [-0.25, -0.2) is 0 Å². The van der Waals surface area contributed by atoms with Crippen molar-refractivity contribution in [2.75, 3.05) is 5.32 Å². The molecule has 0 saturated heterocycles. The molecule has 0 radical (unpaired) electrons. The van der Waals surface area contributed by atoms with Gasteiger partial charge in [0.05, 0.1) is 5.02 Å². The molecule has 0 bridgehead atoms. The van der Waals surface area contributed by atoms with Gasteiger partial charge < -0.3 is 9.73 Å². The largest absolute Gasteiger partial charge is 0.451 e. The normalized spacial score (nSPS) is 10.2. The Kier molecular flexibility index (Phi) is 4.93. The van der Waals surface area contributed by atoms with E-state index in [9.17, 15) is 4.79 Å². The van der Waals surface area contributed by atoms with Crippen LogP contribution in [-0.2, 0) is 0 Å². The molecule has 0 aliphatic rings. The lowest BCUT2D eigenvalue weighted by Crippen LogP contribution is -2.33. The summed E-state index contributed by atoms with van der Waals surface area (Å²) in [5.41, 5.74) is 1.52. The van der Waals surface area contributed by atoms with Gasteiger partial charge >= 0.3 is 0 Å². The molecule has 2 N–H and O–H groups in total. The number of carbonyl (C=O) groups is 1. The second kappa shape index (κ2) is 7.29. The Hall–Kier alpha value is -2.63. The highest BCUT2D eigenvalue weighted by molar-refractivity contribution is 7.80. The van der Waals surface area contributed by atoms with Gasteiger partial charge in [-0.3, -0.25) is 10.1 Å². The first kappa shape index (κ1) is 16.2. The molecule has 120 valence electrons. The maximum absolute atomic E-state index is 12.2. The topological polar surface area (TPSA) is 54.3 Å². The van der Waals surface area contributed by atoms with Crippen LogP contribution in [0.3, 0.4) is 0 Å². The van der Waals surface area contributed by atoms with E-state index in [1.807, 2.05) is 48.5 Å². The van der Waals surface area contributed by atoms with Gasteiger partial charge in [0.2, 0.25) is 0 Å². The molecular weight excluding hydrogens is 344 g/mol. The van der Waals surface area contributed by atoms with Gasteiger partial charge in [-0.15, -0.1) is 0 Å². The maximum atomic E-state index is 12.2. The first-order valence-corrected chi connectivity index (χ1v) is 7.94. The lowest BCUT2D eigenvalue weighted by Gasteiger charge is -2.08. The molecular formula is C18H13ClN2O2S. The van der Waals surface area contributed by atoms with E-state index in [1.165, 1.54) is 0 Å². The number of carbonyl (C=O) groups excluding carboxylic acids is 1. The summed E-state index contributed by atoms with van der Waals surface area (Å²) in [5.74, 6) is 0.247. The van der Waals surface area contributed by atoms with Crippen LogP contribution in [0.1, 0.15) is 10.6 Å². The van der Waals surface area contributed by atoms with E-state index < -0.39 is 5.91 Å². The third-order valence-corrected chi connectivity index (χ3v) is 3.76. The summed E-state index contributed by atoms with van der Waals surface area (Å²) in [7, 11) is 0. The SMILES string of the molecule is O=C(NC(=S)Nc1ccccc1)c1ccc(-c2ccccc2Cl)o1. The number of anilines is 1. The zero-order valence-electron chi connectivity index (χ0n) is 12.5. The fraction of sp³-hybridized carbons (Fsp3) is 0. The molecule has 0 spiro atoms. The molecule has 0 unspecified atom stereocenters. The first-order chi connectivity index (χ1) is 11.6.